The van der Waals surface area contributed by atoms with Gasteiger partial charge in [-0.25, -0.2) is 4.39 Å². The van der Waals surface area contributed by atoms with Crippen molar-refractivity contribution in [2.45, 2.75) is 13.0 Å². The molecule has 7 heteroatoms. The highest BCUT2D eigenvalue weighted by molar-refractivity contribution is 5.94. The van der Waals surface area contributed by atoms with Crippen molar-refractivity contribution in [2.24, 2.45) is 0 Å². The summed E-state index contributed by atoms with van der Waals surface area (Å²) in [5, 5.41) is 8.30. The van der Waals surface area contributed by atoms with Crippen molar-refractivity contribution in [3.05, 3.63) is 95.3 Å². The number of aryl methyl sites for hydroxylation is 1. The van der Waals surface area contributed by atoms with Gasteiger partial charge in [0.15, 0.2) is 0 Å². The van der Waals surface area contributed by atoms with Crippen LogP contribution in [0.2, 0.25) is 0 Å². The average Bonchev–Trinajstić information content (AvgIpc) is 3.35. The Kier molecular flexibility index (Phi) is 5.71. The molecule has 2 heterocycles. The quantitative estimate of drug-likeness (QED) is 0.441. The summed E-state index contributed by atoms with van der Waals surface area (Å²) in [6.07, 6.45) is -0.277. The lowest BCUT2D eigenvalue weighted by molar-refractivity contribution is -0.0228. The maximum Gasteiger partial charge on any atom is 0.254 e. The van der Waals surface area contributed by atoms with E-state index >= 15 is 0 Å². The van der Waals surface area contributed by atoms with Gasteiger partial charge in [-0.1, -0.05) is 29.8 Å². The molecule has 0 saturated carbocycles. The second-order valence-electron chi connectivity index (χ2n) is 8.02. The summed E-state index contributed by atoms with van der Waals surface area (Å²) in [4.78, 5) is 14.8. The van der Waals surface area contributed by atoms with Crippen LogP contribution >= 0.6 is 0 Å². The van der Waals surface area contributed by atoms with Crippen LogP contribution in [0.4, 0.5) is 4.39 Å². The van der Waals surface area contributed by atoms with Crippen molar-refractivity contribution in [1.29, 1.82) is 0 Å². The topological polar surface area (TPSA) is 68.5 Å². The van der Waals surface area contributed by atoms with Crippen LogP contribution in [0.15, 0.2) is 77.2 Å². The van der Waals surface area contributed by atoms with Crippen molar-refractivity contribution < 1.29 is 18.3 Å². The van der Waals surface area contributed by atoms with Crippen LogP contribution in [0.1, 0.15) is 27.6 Å². The Balaban J connectivity index is 1.29. The van der Waals surface area contributed by atoms with E-state index in [4.69, 9.17) is 9.15 Å². The standard InChI is InChI=1S/C26H22FN3O3/c1-17-3-2-4-21(15-17)25-29-28-24(33-25)19-5-7-20(8-6-19)26(31)30-13-14-32-23(16-30)18-9-11-22(27)12-10-18/h2-12,15,23H,13-14,16H2,1H3. The molecule has 1 aromatic heterocycles. The number of halogens is 1. The first-order chi connectivity index (χ1) is 16.1. The number of hydrogen-bond acceptors (Lipinski definition) is 5. The predicted octanol–water partition coefficient (Wildman–Crippen LogP) is 5.06. The molecule has 0 spiro atoms. The first-order valence-electron chi connectivity index (χ1n) is 10.7. The molecule has 1 aliphatic rings. The number of hydrogen-bond donors (Lipinski definition) is 0. The lowest BCUT2D eigenvalue weighted by Gasteiger charge is -2.33. The van der Waals surface area contributed by atoms with E-state index in [0.717, 1.165) is 22.3 Å². The first-order valence-corrected chi connectivity index (χ1v) is 10.7. The van der Waals surface area contributed by atoms with Crippen molar-refractivity contribution in [3.63, 3.8) is 0 Å². The molecule has 1 aliphatic heterocycles. The minimum absolute atomic E-state index is 0.0806. The normalized spacial score (nSPS) is 16.1. The van der Waals surface area contributed by atoms with Gasteiger partial charge < -0.3 is 14.1 Å². The molecular weight excluding hydrogens is 421 g/mol. The number of rotatable bonds is 4. The van der Waals surface area contributed by atoms with E-state index in [1.54, 1.807) is 41.3 Å². The Morgan fingerprint density at radius 1 is 0.970 bits per heavy atom. The van der Waals surface area contributed by atoms with Gasteiger partial charge in [-0.2, -0.15) is 0 Å². The molecule has 1 atom stereocenters. The third-order valence-electron chi connectivity index (χ3n) is 5.66. The van der Waals surface area contributed by atoms with Gasteiger partial charge in [0.25, 0.3) is 5.91 Å². The van der Waals surface area contributed by atoms with Crippen LogP contribution in [0.5, 0.6) is 0 Å². The number of amides is 1. The van der Waals surface area contributed by atoms with Gasteiger partial charge >= 0.3 is 0 Å². The van der Waals surface area contributed by atoms with Crippen LogP contribution < -0.4 is 0 Å². The van der Waals surface area contributed by atoms with Gasteiger partial charge in [0.05, 0.1) is 13.2 Å². The fourth-order valence-electron chi connectivity index (χ4n) is 3.89. The van der Waals surface area contributed by atoms with Crippen molar-refractivity contribution in [2.75, 3.05) is 19.7 Å². The minimum Gasteiger partial charge on any atom is -0.416 e. The van der Waals surface area contributed by atoms with Crippen LogP contribution in [-0.2, 0) is 4.74 Å². The molecular formula is C26H22FN3O3. The lowest BCUT2D eigenvalue weighted by atomic mass is 10.1. The van der Waals surface area contributed by atoms with E-state index in [1.165, 1.54) is 12.1 Å². The second kappa shape index (κ2) is 8.96. The van der Waals surface area contributed by atoms with Crippen molar-refractivity contribution in [1.82, 2.24) is 15.1 Å². The Labute approximate surface area is 190 Å². The van der Waals surface area contributed by atoms with Gasteiger partial charge in [-0.05, 0) is 61.0 Å². The summed E-state index contributed by atoms with van der Waals surface area (Å²) in [7, 11) is 0. The van der Waals surface area contributed by atoms with E-state index in [-0.39, 0.29) is 17.8 Å². The minimum atomic E-state index is -0.296. The molecule has 1 amide bonds. The summed E-state index contributed by atoms with van der Waals surface area (Å²) in [5.74, 6) is 0.472. The maximum absolute atomic E-state index is 13.2. The molecule has 1 unspecified atom stereocenters. The highest BCUT2D eigenvalue weighted by Crippen LogP contribution is 2.26. The zero-order chi connectivity index (χ0) is 22.8. The molecule has 0 radical (unpaired) electrons. The smallest absolute Gasteiger partial charge is 0.254 e. The van der Waals surface area contributed by atoms with E-state index in [9.17, 15) is 9.18 Å². The fraction of sp³-hybridized carbons (Fsp3) is 0.192. The molecule has 166 valence electrons. The van der Waals surface area contributed by atoms with E-state index < -0.39 is 0 Å². The molecule has 33 heavy (non-hydrogen) atoms. The number of aromatic nitrogens is 2. The SMILES string of the molecule is Cc1cccc(-c2nnc(-c3ccc(C(=O)N4CCOC(c5ccc(F)cc5)C4)cc3)o2)c1. The zero-order valence-electron chi connectivity index (χ0n) is 18.1. The summed E-state index contributed by atoms with van der Waals surface area (Å²) >= 11 is 0. The third-order valence-corrected chi connectivity index (χ3v) is 5.66. The number of carbonyl (C=O) groups excluding carboxylic acids is 1. The zero-order valence-corrected chi connectivity index (χ0v) is 18.1. The van der Waals surface area contributed by atoms with E-state index in [0.29, 0.717) is 37.0 Å². The van der Waals surface area contributed by atoms with Crippen LogP contribution in [-0.4, -0.2) is 40.7 Å². The first kappa shape index (κ1) is 21.0. The average molecular weight is 443 g/mol. The molecule has 3 aromatic carbocycles. The molecule has 0 aliphatic carbocycles. The predicted molar refractivity (Wildman–Crippen MR) is 121 cm³/mol. The number of morpholine rings is 1. The monoisotopic (exact) mass is 443 g/mol. The number of nitrogens with zero attached hydrogens (tertiary/aromatic N) is 3. The summed E-state index contributed by atoms with van der Waals surface area (Å²) in [6, 6.07) is 21.2. The second-order valence-corrected chi connectivity index (χ2v) is 8.02. The van der Waals surface area contributed by atoms with E-state index in [1.807, 2.05) is 31.2 Å². The van der Waals surface area contributed by atoms with Crippen LogP contribution in [0, 0.1) is 12.7 Å². The maximum atomic E-state index is 13.2. The van der Waals surface area contributed by atoms with Gasteiger partial charge in [0.2, 0.25) is 11.8 Å². The van der Waals surface area contributed by atoms with Crippen LogP contribution in [0.3, 0.4) is 0 Å². The largest absolute Gasteiger partial charge is 0.416 e. The van der Waals surface area contributed by atoms with Crippen molar-refractivity contribution in [3.8, 4) is 22.9 Å². The molecule has 0 N–H and O–H groups in total. The molecule has 6 nitrogen and oxygen atoms in total. The molecule has 1 saturated heterocycles. The fourth-order valence-corrected chi connectivity index (χ4v) is 3.89. The third kappa shape index (κ3) is 4.54. The van der Waals surface area contributed by atoms with Gasteiger partial charge in [-0.15, -0.1) is 10.2 Å². The highest BCUT2D eigenvalue weighted by Gasteiger charge is 2.26. The Hall–Kier alpha value is -3.84. The Bertz CT molecular complexity index is 1270. The summed E-state index contributed by atoms with van der Waals surface area (Å²) in [6.45, 7) is 3.35. The molecule has 4 aromatic rings. The van der Waals surface area contributed by atoms with Gasteiger partial charge in [0, 0.05) is 23.2 Å². The lowest BCUT2D eigenvalue weighted by Crippen LogP contribution is -2.42. The molecule has 0 bridgehead atoms. The summed E-state index contributed by atoms with van der Waals surface area (Å²) in [5.41, 5.74) is 4.13. The summed E-state index contributed by atoms with van der Waals surface area (Å²) < 4.78 is 24.9. The number of ether oxygens (including phenoxy) is 1. The molecule has 1 fully saturated rings. The van der Waals surface area contributed by atoms with Gasteiger partial charge in [-0.3, -0.25) is 4.79 Å². The molecule has 5 rings (SSSR count). The highest BCUT2D eigenvalue weighted by atomic mass is 19.1. The van der Waals surface area contributed by atoms with Gasteiger partial charge in [0.1, 0.15) is 11.9 Å². The van der Waals surface area contributed by atoms with Crippen molar-refractivity contribution >= 4 is 5.91 Å². The number of benzene rings is 3. The Morgan fingerprint density at radius 3 is 2.42 bits per heavy atom. The van der Waals surface area contributed by atoms with Crippen LogP contribution in [0.25, 0.3) is 22.9 Å². The Morgan fingerprint density at radius 2 is 1.70 bits per heavy atom. The van der Waals surface area contributed by atoms with E-state index in [2.05, 4.69) is 10.2 Å². The number of carbonyl (C=O) groups is 1.